The number of aromatic hydroxyl groups is 1. The van der Waals surface area contributed by atoms with Gasteiger partial charge < -0.3 is 54.7 Å². The van der Waals surface area contributed by atoms with Gasteiger partial charge in [0.2, 0.25) is 17.7 Å². The SMILES string of the molecule is Cc1ncsc1-c1ccc([C@H](C)NC(=O)[C@@H]2C[C@@H](O)CN2C(=O)[C@@H](c2cc(OCC(F)(F)CN3CCC(O[C@H]4C[C@H](Oc5cc(N6C7CCC6CN(c6cc(-c8ccccc8O)nnc6N)C7)ccn5)C4)CC3)no2)C(C)C)cn1. The summed E-state index contributed by atoms with van der Waals surface area (Å²) in [4.78, 5) is 50.1. The number of hydrogen-bond donors (Lipinski definition) is 4. The number of piperazine rings is 1. The maximum absolute atomic E-state index is 15.5. The van der Waals surface area contributed by atoms with Gasteiger partial charge in [-0.15, -0.1) is 21.5 Å². The number of para-hydroxylation sites is 1. The van der Waals surface area contributed by atoms with E-state index in [0.29, 0.717) is 61.7 Å². The lowest BCUT2D eigenvalue weighted by atomic mass is 9.91. The molecule has 5 N–H and O–H groups in total. The van der Waals surface area contributed by atoms with Crippen LogP contribution in [0.4, 0.5) is 26.0 Å². The summed E-state index contributed by atoms with van der Waals surface area (Å²) in [7, 11) is 0. The zero-order valence-corrected chi connectivity index (χ0v) is 46.1. The van der Waals surface area contributed by atoms with Crippen molar-refractivity contribution in [3.63, 3.8) is 0 Å². The number of phenolic OH excluding ortho intramolecular Hbond substituents is 1. The number of aryl methyl sites for hydroxylation is 1. The molecule has 4 saturated heterocycles. The van der Waals surface area contributed by atoms with Crippen LogP contribution in [0.2, 0.25) is 0 Å². The van der Waals surface area contributed by atoms with Crippen molar-refractivity contribution in [2.24, 2.45) is 5.92 Å². The van der Waals surface area contributed by atoms with Crippen molar-refractivity contribution >= 4 is 40.3 Å². The number of aliphatic hydroxyl groups excluding tert-OH is 1. The van der Waals surface area contributed by atoms with Gasteiger partial charge in [-0.1, -0.05) is 32.0 Å². The van der Waals surface area contributed by atoms with Gasteiger partial charge in [0.15, 0.2) is 18.2 Å². The highest BCUT2D eigenvalue weighted by Crippen LogP contribution is 2.41. The van der Waals surface area contributed by atoms with E-state index in [2.05, 4.69) is 45.4 Å². The number of β-amino-alcohol motifs (C(OH)–C–C–N with tert-alkyl or cyclic N) is 1. The second kappa shape index (κ2) is 23.2. The van der Waals surface area contributed by atoms with Crippen LogP contribution >= 0.6 is 11.3 Å². The van der Waals surface area contributed by atoms with Crippen LogP contribution in [0, 0.1) is 12.8 Å². The van der Waals surface area contributed by atoms with E-state index in [9.17, 15) is 19.8 Å². The number of carbonyl (C=O) groups excluding carboxylic acids is 2. The standard InChI is InChI=1S/C57H68F2N12O8S/c1-32(2)52(56(75)70-28-39(72)20-47(70)55(74)64-33(3)35-9-12-44(62-25-35)53-34(4)63-31-80-53)49-24-51(67-79-49)76-30-57(58,59)29-68-17-14-40(15-18-68)77-41-21-42(22-41)78-50-19-36(13-16-61-50)71-37-10-11-38(71)27-69(26-37)46-23-45(65-66-54(46)60)43-7-5-6-8-48(43)73/h5-9,12-13,16,19,23-25,31-33,37-42,47,52,72-73H,10-11,14-15,17-18,20-22,26-30H2,1-4H3,(H2,60,66)(H,64,74)/t33-,37?,38?,39+,41-,42-,47-,52+/m0/s1. The molecule has 6 atom stereocenters. The van der Waals surface area contributed by atoms with Crippen molar-refractivity contribution < 1.29 is 47.3 Å². The number of thiazole rings is 1. The van der Waals surface area contributed by atoms with Crippen LogP contribution in [0.1, 0.15) is 94.7 Å². The predicted molar refractivity (Wildman–Crippen MR) is 295 cm³/mol. The number of nitrogens with one attached hydrogen (secondary N) is 1. The number of likely N-dealkylation sites (tertiary alicyclic amines) is 2. The summed E-state index contributed by atoms with van der Waals surface area (Å²) in [5.74, 6) is -4.37. The largest absolute Gasteiger partial charge is 0.507 e. The number of benzene rings is 1. The molecule has 20 nitrogen and oxygen atoms in total. The third kappa shape index (κ3) is 12.0. The Balaban J connectivity index is 0.607. The van der Waals surface area contributed by atoms with Gasteiger partial charge in [0.25, 0.3) is 11.8 Å². The quantitative estimate of drug-likeness (QED) is 0.0627. The molecule has 5 fully saturated rings. The van der Waals surface area contributed by atoms with Crippen molar-refractivity contribution in [2.45, 2.75) is 133 Å². The summed E-state index contributed by atoms with van der Waals surface area (Å²) >= 11 is 1.50. The second-order valence-corrected chi connectivity index (χ2v) is 23.2. The van der Waals surface area contributed by atoms with E-state index in [4.69, 9.17) is 24.5 Å². The Labute approximate surface area is 466 Å². The molecule has 5 aliphatic rings. The number of nitrogen functional groups attached to an aromatic ring is 1. The number of pyridine rings is 2. The predicted octanol–water partition coefficient (Wildman–Crippen LogP) is 7.18. The summed E-state index contributed by atoms with van der Waals surface area (Å²) < 4.78 is 54.8. The molecule has 4 aliphatic heterocycles. The first-order valence-electron chi connectivity index (χ1n) is 27.6. The molecule has 424 valence electrons. The van der Waals surface area contributed by atoms with E-state index in [1.165, 1.54) is 22.3 Å². The first kappa shape index (κ1) is 54.9. The van der Waals surface area contributed by atoms with E-state index in [1.807, 2.05) is 70.2 Å². The molecular formula is C57H68F2N12O8S. The normalized spacial score (nSPS) is 23.3. The number of carbonyl (C=O) groups is 2. The zero-order valence-electron chi connectivity index (χ0n) is 45.2. The van der Waals surface area contributed by atoms with Crippen LogP contribution in [-0.4, -0.2) is 156 Å². The van der Waals surface area contributed by atoms with Gasteiger partial charge in [-0.2, -0.15) is 0 Å². The molecule has 5 aromatic heterocycles. The van der Waals surface area contributed by atoms with Crippen molar-refractivity contribution in [1.82, 2.24) is 45.4 Å². The van der Waals surface area contributed by atoms with E-state index < -0.39 is 55.0 Å². The number of amides is 2. The minimum Gasteiger partial charge on any atom is -0.507 e. The topological polar surface area (TPSA) is 244 Å². The maximum atomic E-state index is 15.5. The molecule has 2 amide bonds. The number of ether oxygens (including phenoxy) is 3. The van der Waals surface area contributed by atoms with Gasteiger partial charge in [0.1, 0.15) is 23.8 Å². The number of aromatic nitrogens is 6. The minimum absolute atomic E-state index is 0.0155. The second-order valence-electron chi connectivity index (χ2n) is 22.3. The van der Waals surface area contributed by atoms with Crippen LogP contribution in [0.15, 0.2) is 83.1 Å². The van der Waals surface area contributed by atoms with Crippen LogP contribution in [-0.2, 0) is 14.3 Å². The lowest BCUT2D eigenvalue weighted by Crippen LogP contribution is -2.54. The average molecular weight is 1120 g/mol. The highest BCUT2D eigenvalue weighted by Gasteiger charge is 2.45. The van der Waals surface area contributed by atoms with Crippen LogP contribution in [0.3, 0.4) is 0 Å². The van der Waals surface area contributed by atoms with Crippen LogP contribution in [0.5, 0.6) is 17.5 Å². The Kier molecular flexibility index (Phi) is 15.9. The summed E-state index contributed by atoms with van der Waals surface area (Å²) in [5, 5.41) is 36.5. The Morgan fingerprint density at radius 2 is 1.68 bits per heavy atom. The van der Waals surface area contributed by atoms with Gasteiger partial charge in [-0.25, -0.2) is 18.7 Å². The van der Waals surface area contributed by atoms with Gasteiger partial charge in [0, 0.05) is 99.8 Å². The molecule has 0 radical (unpaired) electrons. The van der Waals surface area contributed by atoms with Crippen molar-refractivity contribution in [3.8, 4) is 39.3 Å². The molecule has 2 bridgehead atoms. The number of halogens is 2. The Morgan fingerprint density at radius 1 is 0.900 bits per heavy atom. The Bertz CT molecular complexity index is 3120. The number of aliphatic hydroxyl groups is 1. The smallest absolute Gasteiger partial charge is 0.293 e. The first-order valence-corrected chi connectivity index (χ1v) is 28.5. The summed E-state index contributed by atoms with van der Waals surface area (Å²) in [6.07, 6.45) is 7.27. The van der Waals surface area contributed by atoms with Gasteiger partial charge in [-0.3, -0.25) is 19.5 Å². The van der Waals surface area contributed by atoms with Crippen molar-refractivity contribution in [1.29, 1.82) is 0 Å². The molecule has 1 saturated carbocycles. The van der Waals surface area contributed by atoms with Crippen LogP contribution < -0.4 is 30.3 Å². The van der Waals surface area contributed by atoms with Crippen molar-refractivity contribution in [3.05, 3.63) is 95.6 Å². The van der Waals surface area contributed by atoms with E-state index in [0.717, 1.165) is 59.1 Å². The highest BCUT2D eigenvalue weighted by molar-refractivity contribution is 7.13. The molecule has 6 aromatic rings. The molecule has 1 aromatic carbocycles. The fourth-order valence-corrected chi connectivity index (χ4v) is 12.8. The number of fused-ring (bicyclic) bond motifs is 2. The Morgan fingerprint density at radius 3 is 2.39 bits per heavy atom. The molecule has 1 aliphatic carbocycles. The number of hydrogen-bond acceptors (Lipinski definition) is 19. The number of alkyl halides is 2. The average Bonchev–Trinajstić information content (AvgIpc) is 4.31. The third-order valence-corrected chi connectivity index (χ3v) is 17.2. The van der Waals surface area contributed by atoms with E-state index >= 15 is 8.78 Å². The molecular weight excluding hydrogens is 1050 g/mol. The number of phenols is 1. The fraction of sp³-hybridized carbons (Fsp3) is 0.509. The van der Waals surface area contributed by atoms with E-state index in [1.54, 1.807) is 34.9 Å². The lowest BCUT2D eigenvalue weighted by Gasteiger charge is -2.43. The van der Waals surface area contributed by atoms with Gasteiger partial charge >= 0.3 is 0 Å². The van der Waals surface area contributed by atoms with Crippen LogP contribution in [0.25, 0.3) is 21.8 Å². The minimum atomic E-state index is -3.22. The number of nitrogens with two attached hydrogens (primary N) is 1. The molecule has 2 unspecified atom stereocenters. The first-order chi connectivity index (χ1) is 38.5. The molecule has 11 rings (SSSR count). The highest BCUT2D eigenvalue weighted by atomic mass is 32.1. The Hall–Kier alpha value is -7.08. The number of nitrogens with zero attached hydrogens (tertiary/aromatic N) is 10. The molecule has 9 heterocycles. The maximum Gasteiger partial charge on any atom is 0.293 e. The fourth-order valence-electron chi connectivity index (χ4n) is 12.0. The summed E-state index contributed by atoms with van der Waals surface area (Å²) in [6.45, 7) is 8.24. The van der Waals surface area contributed by atoms with Crippen molar-refractivity contribution in [2.75, 3.05) is 61.4 Å². The molecule has 23 heteroatoms. The lowest BCUT2D eigenvalue weighted by molar-refractivity contribution is -0.141. The van der Waals surface area contributed by atoms with Gasteiger partial charge in [-0.05, 0) is 86.5 Å². The monoisotopic (exact) mass is 1120 g/mol. The summed E-state index contributed by atoms with van der Waals surface area (Å²) in [5.41, 5.74) is 13.6. The third-order valence-electron chi connectivity index (χ3n) is 16.2. The van der Waals surface area contributed by atoms with Gasteiger partial charge in [0.05, 0.1) is 64.1 Å². The number of rotatable bonds is 19. The summed E-state index contributed by atoms with van der Waals surface area (Å²) in [6, 6.07) is 17.2. The number of anilines is 3. The molecule has 0 spiro atoms. The molecule has 80 heavy (non-hydrogen) atoms. The van der Waals surface area contributed by atoms with E-state index in [-0.39, 0.29) is 66.7 Å². The number of piperidine rings is 1. The zero-order chi connectivity index (χ0) is 55.8.